The van der Waals surface area contributed by atoms with Crippen LogP contribution in [0.1, 0.15) is 81.1 Å². The van der Waals surface area contributed by atoms with E-state index in [0.717, 1.165) is 32.0 Å². The quantitative estimate of drug-likeness (QED) is 0.747. The number of hydrogen-bond acceptors (Lipinski definition) is 4. The fourth-order valence-corrected chi connectivity index (χ4v) is 4.03. The molecule has 0 bridgehead atoms. The second kappa shape index (κ2) is 7.10. The summed E-state index contributed by atoms with van der Waals surface area (Å²) < 4.78 is 12.2. The zero-order chi connectivity index (χ0) is 20.0. The van der Waals surface area contributed by atoms with Gasteiger partial charge in [-0.2, -0.15) is 0 Å². The van der Waals surface area contributed by atoms with Crippen LogP contribution < -0.4 is 11.1 Å². The lowest BCUT2D eigenvalue weighted by molar-refractivity contribution is -0.135. The lowest BCUT2D eigenvalue weighted by Crippen LogP contribution is -2.57. The van der Waals surface area contributed by atoms with E-state index in [-0.39, 0.29) is 35.8 Å². The summed E-state index contributed by atoms with van der Waals surface area (Å²) in [5.41, 5.74) is 5.06. The molecule has 3 atom stereocenters. The predicted octanol–water partition coefficient (Wildman–Crippen LogP) is 3.52. The first-order valence-electron chi connectivity index (χ1n) is 10.1. The van der Waals surface area contributed by atoms with Crippen LogP contribution in [0.5, 0.6) is 0 Å². The van der Waals surface area contributed by atoms with Gasteiger partial charge in [-0.05, 0) is 86.9 Å². The number of nitrogens with two attached hydrogens (primary N) is 1. The minimum absolute atomic E-state index is 0.0813. The van der Waals surface area contributed by atoms with Crippen molar-refractivity contribution < 1.29 is 14.1 Å². The molecule has 3 N–H and O–H groups in total. The standard InChI is InChI=1S/C20H39BN2O3/c1-17(2,3)23-16(24)20(8)13-14(9-10-15(20)22)11-12-21-25-18(4,5)19(6,7)26-21/h14-15H,9-13,22H2,1-8H3,(H,23,24)/t14-,15?,20-/m0/s1. The summed E-state index contributed by atoms with van der Waals surface area (Å²) in [5.74, 6) is 0.558. The largest absolute Gasteiger partial charge is 0.457 e. The highest BCUT2D eigenvalue weighted by Crippen LogP contribution is 2.43. The number of carbonyl (C=O) groups excluding carboxylic acids is 1. The fourth-order valence-electron chi connectivity index (χ4n) is 4.03. The van der Waals surface area contributed by atoms with Gasteiger partial charge in [-0.25, -0.2) is 0 Å². The zero-order valence-electron chi connectivity index (χ0n) is 18.1. The summed E-state index contributed by atoms with van der Waals surface area (Å²) in [6.45, 7) is 16.4. The minimum Gasteiger partial charge on any atom is -0.403 e. The Morgan fingerprint density at radius 2 is 1.65 bits per heavy atom. The van der Waals surface area contributed by atoms with E-state index in [1.807, 2.05) is 27.7 Å². The van der Waals surface area contributed by atoms with Gasteiger partial charge >= 0.3 is 7.12 Å². The Bertz CT molecular complexity index is 514. The van der Waals surface area contributed by atoms with E-state index in [1.165, 1.54) is 0 Å². The number of amides is 1. The second-order valence-electron chi connectivity index (χ2n) is 10.6. The van der Waals surface area contributed by atoms with Gasteiger partial charge in [-0.3, -0.25) is 4.79 Å². The van der Waals surface area contributed by atoms with Crippen LogP contribution in [0.25, 0.3) is 0 Å². The second-order valence-corrected chi connectivity index (χ2v) is 10.6. The molecule has 2 fully saturated rings. The van der Waals surface area contributed by atoms with Crippen molar-refractivity contribution in [1.82, 2.24) is 5.32 Å². The van der Waals surface area contributed by atoms with Crippen LogP contribution in [-0.2, 0) is 14.1 Å². The summed E-state index contributed by atoms with van der Waals surface area (Å²) in [6.07, 6.45) is 4.66. The summed E-state index contributed by atoms with van der Waals surface area (Å²) in [6, 6.07) is -0.0852. The first-order chi connectivity index (χ1) is 11.7. The maximum absolute atomic E-state index is 12.9. The van der Waals surface area contributed by atoms with Crippen LogP contribution in [0.15, 0.2) is 0 Å². The normalized spacial score (nSPS) is 34.0. The van der Waals surface area contributed by atoms with Crippen molar-refractivity contribution >= 4 is 13.0 Å². The molecule has 0 aromatic heterocycles. The average Bonchev–Trinajstić information content (AvgIpc) is 2.66. The van der Waals surface area contributed by atoms with Crippen molar-refractivity contribution in [2.75, 3.05) is 0 Å². The molecule has 1 aliphatic carbocycles. The molecule has 0 aromatic carbocycles. The van der Waals surface area contributed by atoms with Crippen molar-refractivity contribution in [2.24, 2.45) is 17.1 Å². The smallest absolute Gasteiger partial charge is 0.403 e. The molecular formula is C20H39BN2O3. The molecule has 0 aromatic rings. The number of hydrogen-bond donors (Lipinski definition) is 2. The first kappa shape index (κ1) is 21.7. The van der Waals surface area contributed by atoms with Crippen molar-refractivity contribution in [2.45, 2.75) is 110 Å². The van der Waals surface area contributed by atoms with Crippen molar-refractivity contribution in [3.05, 3.63) is 0 Å². The van der Waals surface area contributed by atoms with Crippen LogP contribution >= 0.6 is 0 Å². The van der Waals surface area contributed by atoms with E-state index in [2.05, 4.69) is 33.0 Å². The van der Waals surface area contributed by atoms with Gasteiger partial charge in [0, 0.05) is 11.6 Å². The molecule has 26 heavy (non-hydrogen) atoms. The third-order valence-corrected chi connectivity index (χ3v) is 6.54. The van der Waals surface area contributed by atoms with Gasteiger partial charge in [-0.15, -0.1) is 0 Å². The highest BCUT2D eigenvalue weighted by molar-refractivity contribution is 6.45. The molecule has 5 nitrogen and oxygen atoms in total. The Hall–Kier alpha value is -0.585. The van der Waals surface area contributed by atoms with Crippen LogP contribution in [0, 0.1) is 11.3 Å². The Kier molecular flexibility index (Phi) is 5.93. The Morgan fingerprint density at radius 3 is 2.15 bits per heavy atom. The predicted molar refractivity (Wildman–Crippen MR) is 107 cm³/mol. The van der Waals surface area contributed by atoms with E-state index >= 15 is 0 Å². The summed E-state index contributed by atoms with van der Waals surface area (Å²) in [7, 11) is -0.162. The van der Waals surface area contributed by atoms with Crippen molar-refractivity contribution in [1.29, 1.82) is 0 Å². The van der Waals surface area contributed by atoms with Crippen molar-refractivity contribution in [3.63, 3.8) is 0 Å². The number of rotatable bonds is 4. The van der Waals surface area contributed by atoms with Crippen LogP contribution in [-0.4, -0.2) is 35.8 Å². The van der Waals surface area contributed by atoms with Crippen LogP contribution in [0.4, 0.5) is 0 Å². The van der Waals surface area contributed by atoms with Gasteiger partial charge in [0.1, 0.15) is 0 Å². The zero-order valence-corrected chi connectivity index (χ0v) is 18.1. The Morgan fingerprint density at radius 1 is 1.12 bits per heavy atom. The van der Waals surface area contributed by atoms with Gasteiger partial charge in [0.05, 0.1) is 16.6 Å². The van der Waals surface area contributed by atoms with Crippen molar-refractivity contribution in [3.8, 4) is 0 Å². The molecule has 1 heterocycles. The van der Waals surface area contributed by atoms with Crippen LogP contribution in [0.2, 0.25) is 6.32 Å². The molecule has 1 unspecified atom stereocenters. The van der Waals surface area contributed by atoms with Gasteiger partial charge in [0.2, 0.25) is 5.91 Å². The molecule has 1 amide bonds. The highest BCUT2D eigenvalue weighted by atomic mass is 16.7. The van der Waals surface area contributed by atoms with E-state index in [0.29, 0.717) is 5.92 Å². The number of carbonyl (C=O) groups is 1. The summed E-state index contributed by atoms with van der Waals surface area (Å²) >= 11 is 0. The molecule has 0 radical (unpaired) electrons. The molecule has 1 saturated carbocycles. The monoisotopic (exact) mass is 366 g/mol. The topological polar surface area (TPSA) is 73.6 Å². The SMILES string of the molecule is CC(C)(C)NC(=O)[C@@]1(C)C[C@H](CCB2OC(C)(C)C(C)(C)O2)CCC1N. The lowest BCUT2D eigenvalue weighted by atomic mass is 9.64. The van der Waals surface area contributed by atoms with E-state index in [9.17, 15) is 4.79 Å². The van der Waals surface area contributed by atoms with Gasteiger partial charge in [0.15, 0.2) is 0 Å². The molecule has 2 aliphatic rings. The molecule has 1 saturated heterocycles. The summed E-state index contributed by atoms with van der Waals surface area (Å²) in [4.78, 5) is 12.9. The molecule has 1 aliphatic heterocycles. The molecular weight excluding hydrogens is 327 g/mol. The number of nitrogens with one attached hydrogen (secondary N) is 1. The third-order valence-electron chi connectivity index (χ3n) is 6.54. The Labute approximate surface area is 160 Å². The van der Waals surface area contributed by atoms with Gasteiger partial charge in [0.25, 0.3) is 0 Å². The fraction of sp³-hybridized carbons (Fsp3) is 0.950. The van der Waals surface area contributed by atoms with E-state index in [1.54, 1.807) is 0 Å². The molecule has 0 spiro atoms. The summed E-state index contributed by atoms with van der Waals surface area (Å²) in [5, 5.41) is 3.13. The van der Waals surface area contributed by atoms with Gasteiger partial charge < -0.3 is 20.4 Å². The van der Waals surface area contributed by atoms with Crippen LogP contribution in [0.3, 0.4) is 0 Å². The molecule has 2 rings (SSSR count). The molecule has 6 heteroatoms. The Balaban J connectivity index is 1.95. The molecule has 150 valence electrons. The minimum atomic E-state index is -0.508. The maximum atomic E-state index is 12.9. The van der Waals surface area contributed by atoms with E-state index in [4.69, 9.17) is 15.0 Å². The lowest BCUT2D eigenvalue weighted by Gasteiger charge is -2.43. The highest BCUT2D eigenvalue weighted by Gasteiger charge is 2.51. The van der Waals surface area contributed by atoms with E-state index < -0.39 is 5.41 Å². The average molecular weight is 366 g/mol. The third kappa shape index (κ3) is 4.63. The van der Waals surface area contributed by atoms with Gasteiger partial charge in [-0.1, -0.05) is 6.42 Å². The maximum Gasteiger partial charge on any atom is 0.457 e. The first-order valence-corrected chi connectivity index (χ1v) is 10.1.